The first-order valence-electron chi connectivity index (χ1n) is 6.96. The van der Waals surface area contributed by atoms with Gasteiger partial charge in [-0.3, -0.25) is 0 Å². The van der Waals surface area contributed by atoms with Crippen molar-refractivity contribution in [1.82, 2.24) is 5.32 Å². The number of rotatable bonds is 3. The molecule has 1 heterocycles. The summed E-state index contributed by atoms with van der Waals surface area (Å²) in [6.45, 7) is 2.35. The maximum atomic E-state index is 13.0. The number of anilines is 1. The van der Waals surface area contributed by atoms with Gasteiger partial charge in [-0.25, -0.2) is 0 Å². The molecule has 0 aliphatic carbocycles. The van der Waals surface area contributed by atoms with Crippen molar-refractivity contribution in [2.75, 3.05) is 31.6 Å². The predicted molar refractivity (Wildman–Crippen MR) is 75.0 cm³/mol. The highest BCUT2D eigenvalue weighted by Gasteiger charge is 2.34. The first-order chi connectivity index (χ1) is 9.95. The highest BCUT2D eigenvalue weighted by atomic mass is 19.4. The number of nitrogens with one attached hydrogen (secondary N) is 1. The Balaban J connectivity index is 2.26. The number of piperidine rings is 1. The third-order valence-corrected chi connectivity index (χ3v) is 3.81. The number of nitriles is 1. The molecule has 6 heteroatoms. The summed E-state index contributed by atoms with van der Waals surface area (Å²) in [4.78, 5) is 1.97. The average Bonchev–Trinajstić information content (AvgIpc) is 2.46. The Morgan fingerprint density at radius 3 is 2.81 bits per heavy atom. The molecule has 0 aromatic heterocycles. The van der Waals surface area contributed by atoms with E-state index in [-0.39, 0.29) is 5.56 Å². The van der Waals surface area contributed by atoms with Crippen LogP contribution in [0, 0.1) is 17.2 Å². The summed E-state index contributed by atoms with van der Waals surface area (Å²) in [5, 5.41) is 11.9. The summed E-state index contributed by atoms with van der Waals surface area (Å²) < 4.78 is 39.0. The molecule has 0 spiro atoms. The van der Waals surface area contributed by atoms with Crippen molar-refractivity contribution in [3.05, 3.63) is 29.3 Å². The minimum Gasteiger partial charge on any atom is -0.371 e. The monoisotopic (exact) mass is 297 g/mol. The lowest BCUT2D eigenvalue weighted by Gasteiger charge is -2.34. The minimum absolute atomic E-state index is 0.324. The van der Waals surface area contributed by atoms with E-state index in [1.807, 2.05) is 11.9 Å². The Morgan fingerprint density at radius 1 is 1.43 bits per heavy atom. The van der Waals surface area contributed by atoms with Crippen LogP contribution in [0.1, 0.15) is 24.0 Å². The molecule has 1 N–H and O–H groups in total. The fraction of sp³-hybridized carbons (Fsp3) is 0.533. The van der Waals surface area contributed by atoms with Gasteiger partial charge in [0.2, 0.25) is 0 Å². The van der Waals surface area contributed by atoms with Crippen LogP contribution in [0.4, 0.5) is 18.9 Å². The quantitative estimate of drug-likeness (QED) is 0.932. The number of hydrogen-bond donors (Lipinski definition) is 1. The van der Waals surface area contributed by atoms with Crippen molar-refractivity contribution in [1.29, 1.82) is 5.26 Å². The zero-order valence-electron chi connectivity index (χ0n) is 11.9. The highest BCUT2D eigenvalue weighted by molar-refractivity contribution is 5.55. The molecule has 0 amide bonds. The zero-order valence-corrected chi connectivity index (χ0v) is 11.9. The van der Waals surface area contributed by atoms with E-state index in [9.17, 15) is 13.2 Å². The van der Waals surface area contributed by atoms with Crippen LogP contribution in [-0.2, 0) is 6.18 Å². The van der Waals surface area contributed by atoms with Gasteiger partial charge < -0.3 is 10.2 Å². The van der Waals surface area contributed by atoms with Crippen LogP contribution >= 0.6 is 0 Å². The van der Waals surface area contributed by atoms with Gasteiger partial charge in [-0.05, 0) is 50.6 Å². The first kappa shape index (κ1) is 15.6. The summed E-state index contributed by atoms with van der Waals surface area (Å²) in [5.74, 6) is 0.439. The molecular weight excluding hydrogens is 279 g/mol. The fourth-order valence-electron chi connectivity index (χ4n) is 2.82. The first-order valence-corrected chi connectivity index (χ1v) is 6.96. The second-order valence-corrected chi connectivity index (χ2v) is 5.35. The van der Waals surface area contributed by atoms with Crippen LogP contribution in [0.15, 0.2) is 18.2 Å². The van der Waals surface area contributed by atoms with E-state index >= 15 is 0 Å². The Morgan fingerprint density at radius 2 is 2.19 bits per heavy atom. The lowest BCUT2D eigenvalue weighted by atomic mass is 9.97. The number of halogens is 3. The van der Waals surface area contributed by atoms with Gasteiger partial charge in [0.15, 0.2) is 0 Å². The molecule has 3 nitrogen and oxygen atoms in total. The molecular formula is C15H18F3N3. The van der Waals surface area contributed by atoms with Gasteiger partial charge in [-0.15, -0.1) is 0 Å². The van der Waals surface area contributed by atoms with Crippen molar-refractivity contribution in [2.45, 2.75) is 19.0 Å². The number of alkyl halides is 3. The number of benzene rings is 1. The normalized spacial score (nSPS) is 19.4. The van der Waals surface area contributed by atoms with Crippen LogP contribution in [0.2, 0.25) is 0 Å². The van der Waals surface area contributed by atoms with Crippen LogP contribution < -0.4 is 10.2 Å². The van der Waals surface area contributed by atoms with Crippen molar-refractivity contribution < 1.29 is 13.2 Å². The van der Waals surface area contributed by atoms with E-state index in [0.717, 1.165) is 38.5 Å². The third kappa shape index (κ3) is 3.67. The lowest BCUT2D eigenvalue weighted by molar-refractivity contribution is -0.137. The van der Waals surface area contributed by atoms with Gasteiger partial charge in [0.1, 0.15) is 0 Å². The fourth-order valence-corrected chi connectivity index (χ4v) is 2.82. The van der Waals surface area contributed by atoms with E-state index in [4.69, 9.17) is 5.26 Å². The molecule has 0 radical (unpaired) electrons. The van der Waals surface area contributed by atoms with Crippen molar-refractivity contribution in [3.8, 4) is 6.07 Å². The Hall–Kier alpha value is -1.74. The number of nitrogens with zero attached hydrogens (tertiary/aromatic N) is 2. The van der Waals surface area contributed by atoms with Gasteiger partial charge >= 0.3 is 6.18 Å². The molecule has 1 saturated heterocycles. The Labute approximate surface area is 122 Å². The predicted octanol–water partition coefficient (Wildman–Crippen LogP) is 3.01. The summed E-state index contributed by atoms with van der Waals surface area (Å²) in [6, 6.07) is 5.58. The van der Waals surface area contributed by atoms with E-state index in [1.165, 1.54) is 6.07 Å². The van der Waals surface area contributed by atoms with Gasteiger partial charge in [-0.2, -0.15) is 18.4 Å². The molecule has 0 saturated carbocycles. The maximum Gasteiger partial charge on any atom is 0.417 e. The molecule has 114 valence electrons. The highest BCUT2D eigenvalue weighted by Crippen LogP contribution is 2.35. The van der Waals surface area contributed by atoms with Crippen molar-refractivity contribution in [3.63, 3.8) is 0 Å². The molecule has 1 fully saturated rings. The molecule has 21 heavy (non-hydrogen) atoms. The number of hydrogen-bond acceptors (Lipinski definition) is 3. The van der Waals surface area contributed by atoms with Crippen LogP contribution in [-0.4, -0.2) is 26.7 Å². The van der Waals surface area contributed by atoms with Gasteiger partial charge in [0.05, 0.1) is 17.2 Å². The molecule has 1 aromatic rings. The SMILES string of the molecule is CNCC1CCCN(c2ccc(C#N)c(C(F)(F)F)c2)C1. The molecule has 0 bridgehead atoms. The van der Waals surface area contributed by atoms with Crippen molar-refractivity contribution >= 4 is 5.69 Å². The summed E-state index contributed by atoms with van der Waals surface area (Å²) in [5.41, 5.74) is -0.629. The summed E-state index contributed by atoms with van der Waals surface area (Å²) in [7, 11) is 1.88. The largest absolute Gasteiger partial charge is 0.417 e. The zero-order chi connectivity index (χ0) is 15.5. The molecule has 1 unspecified atom stereocenters. The smallest absolute Gasteiger partial charge is 0.371 e. The summed E-state index contributed by atoms with van der Waals surface area (Å²) in [6.07, 6.45) is -2.45. The summed E-state index contributed by atoms with van der Waals surface area (Å²) >= 11 is 0. The Bertz CT molecular complexity index is 532. The van der Waals surface area contributed by atoms with Crippen LogP contribution in [0.5, 0.6) is 0 Å². The van der Waals surface area contributed by atoms with Gasteiger partial charge in [-0.1, -0.05) is 0 Å². The van der Waals surface area contributed by atoms with E-state index in [1.54, 1.807) is 12.1 Å². The third-order valence-electron chi connectivity index (χ3n) is 3.81. The average molecular weight is 297 g/mol. The van der Waals surface area contributed by atoms with Crippen LogP contribution in [0.25, 0.3) is 0 Å². The van der Waals surface area contributed by atoms with Crippen LogP contribution in [0.3, 0.4) is 0 Å². The van der Waals surface area contributed by atoms with Crippen molar-refractivity contribution in [2.24, 2.45) is 5.92 Å². The van der Waals surface area contributed by atoms with E-state index in [2.05, 4.69) is 5.32 Å². The topological polar surface area (TPSA) is 39.1 Å². The molecule has 1 aliphatic heterocycles. The second-order valence-electron chi connectivity index (χ2n) is 5.35. The van der Waals surface area contributed by atoms with Gasteiger partial charge in [0.25, 0.3) is 0 Å². The molecule has 2 rings (SSSR count). The molecule has 1 atom stereocenters. The molecule has 1 aliphatic rings. The Kier molecular flexibility index (Phi) is 4.73. The van der Waals surface area contributed by atoms with E-state index in [0.29, 0.717) is 11.6 Å². The lowest BCUT2D eigenvalue weighted by Crippen LogP contribution is -2.39. The standard InChI is InChI=1S/C15H18F3N3/c1-20-9-11-3-2-6-21(10-11)13-5-4-12(8-19)14(7-13)15(16,17)18/h4-5,7,11,20H,2-3,6,9-10H2,1H3. The minimum atomic E-state index is -4.50. The van der Waals surface area contributed by atoms with E-state index < -0.39 is 11.7 Å². The molecule has 1 aromatic carbocycles. The van der Waals surface area contributed by atoms with Gasteiger partial charge in [0, 0.05) is 18.8 Å². The maximum absolute atomic E-state index is 13.0. The second kappa shape index (κ2) is 6.35.